The lowest BCUT2D eigenvalue weighted by atomic mass is 9.93. The van der Waals surface area contributed by atoms with Crippen LogP contribution >= 0.6 is 0 Å². The van der Waals surface area contributed by atoms with Crippen LogP contribution in [0.1, 0.15) is 27.2 Å². The van der Waals surface area contributed by atoms with Crippen LogP contribution in [0.25, 0.3) is 0 Å². The lowest BCUT2D eigenvalue weighted by molar-refractivity contribution is 0.122. The summed E-state index contributed by atoms with van der Waals surface area (Å²) in [6.07, 6.45) is 1.14. The zero-order valence-electron chi connectivity index (χ0n) is 10.7. The van der Waals surface area contributed by atoms with Gasteiger partial charge < -0.3 is 14.8 Å². The molecule has 92 valence electrons. The summed E-state index contributed by atoms with van der Waals surface area (Å²) in [5.74, 6) is 1.41. The van der Waals surface area contributed by atoms with Crippen LogP contribution in [0.15, 0.2) is 0 Å². The van der Waals surface area contributed by atoms with Crippen molar-refractivity contribution in [2.45, 2.75) is 27.2 Å². The minimum atomic E-state index is 0.702. The van der Waals surface area contributed by atoms with E-state index in [2.05, 4.69) is 19.2 Å². The maximum Gasteiger partial charge on any atom is 0.0587 e. The molecule has 0 heterocycles. The number of hydrogen-bond donors (Lipinski definition) is 1. The smallest absolute Gasteiger partial charge is 0.0587 e. The standard InChI is InChI=1S/C12H27NO2/c1-5-15-8-6-12(11(2)3)10-13-7-9-14-4/h11-13H,5-10H2,1-4H3. The van der Waals surface area contributed by atoms with E-state index in [1.54, 1.807) is 7.11 Å². The van der Waals surface area contributed by atoms with Gasteiger partial charge in [0.25, 0.3) is 0 Å². The number of ether oxygens (including phenoxy) is 2. The van der Waals surface area contributed by atoms with Crippen LogP contribution in [0.5, 0.6) is 0 Å². The second kappa shape index (κ2) is 10.4. The molecule has 0 rings (SSSR count). The van der Waals surface area contributed by atoms with Crippen molar-refractivity contribution in [2.24, 2.45) is 11.8 Å². The first-order valence-corrected chi connectivity index (χ1v) is 5.99. The molecule has 1 N–H and O–H groups in total. The Bertz CT molecular complexity index is 129. The third kappa shape index (κ3) is 8.85. The van der Waals surface area contributed by atoms with Gasteiger partial charge in [-0.05, 0) is 31.7 Å². The van der Waals surface area contributed by atoms with Crippen LogP contribution in [-0.2, 0) is 9.47 Å². The summed E-state index contributed by atoms with van der Waals surface area (Å²) in [5, 5.41) is 3.41. The first kappa shape index (κ1) is 14.9. The van der Waals surface area contributed by atoms with Gasteiger partial charge >= 0.3 is 0 Å². The lowest BCUT2D eigenvalue weighted by Gasteiger charge is -2.21. The van der Waals surface area contributed by atoms with Crippen LogP contribution in [0.3, 0.4) is 0 Å². The van der Waals surface area contributed by atoms with Crippen molar-refractivity contribution in [1.29, 1.82) is 0 Å². The van der Waals surface area contributed by atoms with E-state index in [1.807, 2.05) is 6.92 Å². The number of methoxy groups -OCH3 is 1. The van der Waals surface area contributed by atoms with E-state index in [-0.39, 0.29) is 0 Å². The molecule has 15 heavy (non-hydrogen) atoms. The molecule has 3 nitrogen and oxygen atoms in total. The van der Waals surface area contributed by atoms with E-state index in [0.29, 0.717) is 11.8 Å². The largest absolute Gasteiger partial charge is 0.383 e. The highest BCUT2D eigenvalue weighted by Crippen LogP contribution is 2.14. The highest BCUT2D eigenvalue weighted by molar-refractivity contribution is 4.66. The third-order valence-electron chi connectivity index (χ3n) is 2.67. The van der Waals surface area contributed by atoms with E-state index in [4.69, 9.17) is 9.47 Å². The average Bonchev–Trinajstić information content (AvgIpc) is 2.21. The molecule has 0 aromatic rings. The molecule has 0 saturated heterocycles. The van der Waals surface area contributed by atoms with Crippen molar-refractivity contribution in [3.63, 3.8) is 0 Å². The van der Waals surface area contributed by atoms with Gasteiger partial charge in [-0.3, -0.25) is 0 Å². The molecule has 0 bridgehead atoms. The normalized spacial score (nSPS) is 13.4. The molecule has 0 spiro atoms. The Balaban J connectivity index is 3.54. The molecule has 0 aliphatic carbocycles. The molecule has 0 aliphatic rings. The van der Waals surface area contributed by atoms with Gasteiger partial charge in [-0.2, -0.15) is 0 Å². The Morgan fingerprint density at radius 3 is 2.47 bits per heavy atom. The summed E-state index contributed by atoms with van der Waals surface area (Å²) >= 11 is 0. The zero-order valence-corrected chi connectivity index (χ0v) is 10.7. The molecule has 0 fully saturated rings. The van der Waals surface area contributed by atoms with Gasteiger partial charge in [0.05, 0.1) is 6.61 Å². The van der Waals surface area contributed by atoms with Gasteiger partial charge in [-0.15, -0.1) is 0 Å². The predicted molar refractivity (Wildman–Crippen MR) is 64.2 cm³/mol. The van der Waals surface area contributed by atoms with E-state index < -0.39 is 0 Å². The monoisotopic (exact) mass is 217 g/mol. The predicted octanol–water partition coefficient (Wildman–Crippen LogP) is 1.92. The SMILES string of the molecule is CCOCCC(CNCCOC)C(C)C. The second-order valence-corrected chi connectivity index (χ2v) is 4.19. The minimum absolute atomic E-state index is 0.702. The molecule has 0 radical (unpaired) electrons. The maximum absolute atomic E-state index is 5.39. The third-order valence-corrected chi connectivity index (χ3v) is 2.67. The quantitative estimate of drug-likeness (QED) is 0.567. The van der Waals surface area contributed by atoms with Crippen LogP contribution in [0.2, 0.25) is 0 Å². The van der Waals surface area contributed by atoms with Gasteiger partial charge in [0.2, 0.25) is 0 Å². The lowest BCUT2D eigenvalue weighted by Crippen LogP contribution is -2.29. The zero-order chi connectivity index (χ0) is 11.5. The fourth-order valence-corrected chi connectivity index (χ4v) is 1.51. The Kier molecular flexibility index (Phi) is 10.3. The van der Waals surface area contributed by atoms with E-state index in [1.165, 1.54) is 0 Å². The van der Waals surface area contributed by atoms with Crippen LogP contribution in [0, 0.1) is 11.8 Å². The highest BCUT2D eigenvalue weighted by Gasteiger charge is 2.12. The molecule has 1 unspecified atom stereocenters. The first-order valence-electron chi connectivity index (χ1n) is 5.99. The average molecular weight is 217 g/mol. The number of rotatable bonds is 10. The first-order chi connectivity index (χ1) is 7.22. The Labute approximate surface area is 94.5 Å². The van der Waals surface area contributed by atoms with Crippen molar-refractivity contribution in [2.75, 3.05) is 40.0 Å². The van der Waals surface area contributed by atoms with Crippen molar-refractivity contribution in [3.8, 4) is 0 Å². The molecule has 0 aromatic heterocycles. The Morgan fingerprint density at radius 2 is 1.93 bits per heavy atom. The van der Waals surface area contributed by atoms with Gasteiger partial charge in [0, 0.05) is 26.9 Å². The van der Waals surface area contributed by atoms with Gasteiger partial charge in [0.1, 0.15) is 0 Å². The fraction of sp³-hybridized carbons (Fsp3) is 1.00. The molecular weight excluding hydrogens is 190 g/mol. The Hall–Kier alpha value is -0.120. The molecule has 1 atom stereocenters. The summed E-state index contributed by atoms with van der Waals surface area (Å²) in [6.45, 7) is 11.1. The van der Waals surface area contributed by atoms with Crippen LogP contribution in [-0.4, -0.2) is 40.0 Å². The van der Waals surface area contributed by atoms with Crippen molar-refractivity contribution >= 4 is 0 Å². The van der Waals surface area contributed by atoms with E-state index in [9.17, 15) is 0 Å². The molecular formula is C12H27NO2. The highest BCUT2D eigenvalue weighted by atomic mass is 16.5. The summed E-state index contributed by atoms with van der Waals surface area (Å²) in [5.41, 5.74) is 0. The van der Waals surface area contributed by atoms with Gasteiger partial charge in [0.15, 0.2) is 0 Å². The summed E-state index contributed by atoms with van der Waals surface area (Å²) < 4.78 is 10.4. The van der Waals surface area contributed by atoms with Crippen molar-refractivity contribution < 1.29 is 9.47 Å². The summed E-state index contributed by atoms with van der Waals surface area (Å²) in [4.78, 5) is 0. The van der Waals surface area contributed by atoms with Crippen LogP contribution in [0.4, 0.5) is 0 Å². The summed E-state index contributed by atoms with van der Waals surface area (Å²) in [7, 11) is 1.73. The van der Waals surface area contributed by atoms with Crippen molar-refractivity contribution in [1.82, 2.24) is 5.32 Å². The van der Waals surface area contributed by atoms with Gasteiger partial charge in [-0.1, -0.05) is 13.8 Å². The summed E-state index contributed by atoms with van der Waals surface area (Å²) in [6, 6.07) is 0. The van der Waals surface area contributed by atoms with Crippen LogP contribution < -0.4 is 5.32 Å². The number of nitrogens with one attached hydrogen (secondary N) is 1. The van der Waals surface area contributed by atoms with Crippen molar-refractivity contribution in [3.05, 3.63) is 0 Å². The number of hydrogen-bond acceptors (Lipinski definition) is 3. The molecule has 0 amide bonds. The molecule has 0 saturated carbocycles. The Morgan fingerprint density at radius 1 is 1.20 bits per heavy atom. The second-order valence-electron chi connectivity index (χ2n) is 4.19. The molecule has 3 heteroatoms. The van der Waals surface area contributed by atoms with E-state index >= 15 is 0 Å². The molecule has 0 aliphatic heterocycles. The topological polar surface area (TPSA) is 30.5 Å². The van der Waals surface area contributed by atoms with Gasteiger partial charge in [-0.25, -0.2) is 0 Å². The molecule has 0 aromatic carbocycles. The maximum atomic E-state index is 5.39. The minimum Gasteiger partial charge on any atom is -0.383 e. The fourth-order valence-electron chi connectivity index (χ4n) is 1.51. The van der Waals surface area contributed by atoms with E-state index in [0.717, 1.165) is 39.3 Å².